The minimum atomic E-state index is -0.449. The number of halogens is 1. The molecule has 0 aromatic heterocycles. The highest BCUT2D eigenvalue weighted by atomic mass is 35.5. The predicted molar refractivity (Wildman–Crippen MR) is 115 cm³/mol. The monoisotopic (exact) mass is 430 g/mol. The van der Waals surface area contributed by atoms with Crippen LogP contribution in [-0.2, 0) is 4.79 Å². The first kappa shape index (κ1) is 21.6. The van der Waals surface area contributed by atoms with E-state index in [9.17, 15) is 19.7 Å². The van der Waals surface area contributed by atoms with Crippen LogP contribution in [0.15, 0.2) is 48.5 Å². The van der Waals surface area contributed by atoms with Crippen LogP contribution in [0.25, 0.3) is 0 Å². The molecule has 1 heterocycles. The van der Waals surface area contributed by atoms with Gasteiger partial charge in [0.2, 0.25) is 5.91 Å². The fraction of sp³-hybridized carbons (Fsp3) is 0.333. The molecule has 1 unspecified atom stereocenters. The molecule has 1 fully saturated rings. The Morgan fingerprint density at radius 3 is 2.43 bits per heavy atom. The first-order chi connectivity index (χ1) is 14.3. The van der Waals surface area contributed by atoms with E-state index in [1.54, 1.807) is 48.2 Å². The molecule has 2 amide bonds. The molecular weight excluding hydrogens is 408 g/mol. The Morgan fingerprint density at radius 1 is 1.13 bits per heavy atom. The van der Waals surface area contributed by atoms with Crippen LogP contribution in [0.4, 0.5) is 11.4 Å². The number of hydrogen-bond donors (Lipinski definition) is 1. The van der Waals surface area contributed by atoms with Gasteiger partial charge >= 0.3 is 0 Å². The highest BCUT2D eigenvalue weighted by molar-refractivity contribution is 6.30. The largest absolute Gasteiger partial charge is 0.362 e. The van der Waals surface area contributed by atoms with Crippen molar-refractivity contribution in [2.75, 3.05) is 31.1 Å². The molecule has 1 N–H and O–H groups in total. The summed E-state index contributed by atoms with van der Waals surface area (Å²) >= 11 is 5.88. The van der Waals surface area contributed by atoms with E-state index in [-0.39, 0.29) is 30.0 Å². The van der Waals surface area contributed by atoms with Crippen LogP contribution in [0.5, 0.6) is 0 Å². The summed E-state index contributed by atoms with van der Waals surface area (Å²) in [5.41, 5.74) is 1.01. The molecule has 1 saturated heterocycles. The molecular formula is C21H23ClN4O4. The molecule has 0 spiro atoms. The molecule has 1 atom stereocenters. The smallest absolute Gasteiger partial charge is 0.294 e. The maximum Gasteiger partial charge on any atom is 0.294 e. The van der Waals surface area contributed by atoms with Gasteiger partial charge < -0.3 is 15.1 Å². The van der Waals surface area contributed by atoms with Crippen molar-refractivity contribution in [3.63, 3.8) is 0 Å². The average Bonchev–Trinajstić information content (AvgIpc) is 2.74. The van der Waals surface area contributed by atoms with Crippen molar-refractivity contribution in [3.05, 3.63) is 69.2 Å². The fourth-order valence-electron chi connectivity index (χ4n) is 3.45. The van der Waals surface area contributed by atoms with Gasteiger partial charge in [-0.3, -0.25) is 19.7 Å². The van der Waals surface area contributed by atoms with E-state index in [4.69, 9.17) is 11.6 Å². The van der Waals surface area contributed by atoms with E-state index in [1.807, 2.05) is 11.0 Å². The number of benzene rings is 2. The van der Waals surface area contributed by atoms with E-state index in [0.717, 1.165) is 0 Å². The molecule has 158 valence electrons. The summed E-state index contributed by atoms with van der Waals surface area (Å²) in [5.74, 6) is -0.267. The Bertz CT molecular complexity index is 930. The Hall–Kier alpha value is -3.13. The van der Waals surface area contributed by atoms with Gasteiger partial charge in [0.05, 0.1) is 4.92 Å². The lowest BCUT2D eigenvalue weighted by molar-refractivity contribution is -0.384. The van der Waals surface area contributed by atoms with Crippen molar-refractivity contribution in [2.45, 2.75) is 19.4 Å². The average molecular weight is 431 g/mol. The first-order valence-corrected chi connectivity index (χ1v) is 10.1. The molecule has 30 heavy (non-hydrogen) atoms. The quantitative estimate of drug-likeness (QED) is 0.561. The highest BCUT2D eigenvalue weighted by Gasteiger charge is 2.26. The number of amides is 2. The molecule has 9 heteroatoms. The van der Waals surface area contributed by atoms with Crippen molar-refractivity contribution in [1.82, 2.24) is 10.2 Å². The molecule has 8 nitrogen and oxygen atoms in total. The number of rotatable bonds is 6. The number of hydrogen-bond acceptors (Lipinski definition) is 5. The van der Waals surface area contributed by atoms with Crippen molar-refractivity contribution in [3.8, 4) is 0 Å². The van der Waals surface area contributed by atoms with Gasteiger partial charge in [-0.15, -0.1) is 0 Å². The SMILES string of the molecule is CC(CC(=O)N1CCN(c2ccc(Cl)cc2[N+](=O)[O-])CC1)NC(=O)c1ccccc1. The molecule has 2 aromatic carbocycles. The number of nitro groups is 1. The lowest BCUT2D eigenvalue weighted by atomic mass is 10.1. The first-order valence-electron chi connectivity index (χ1n) is 9.67. The maximum absolute atomic E-state index is 12.6. The summed E-state index contributed by atoms with van der Waals surface area (Å²) in [4.78, 5) is 39.3. The second-order valence-electron chi connectivity index (χ2n) is 7.20. The standard InChI is InChI=1S/C21H23ClN4O4/c1-15(23-21(28)16-5-3-2-4-6-16)13-20(27)25-11-9-24(10-12-25)18-8-7-17(22)14-19(18)26(29)30/h2-8,14-15H,9-13H2,1H3,(H,23,28). The van der Waals surface area contributed by atoms with Crippen molar-refractivity contribution in [1.29, 1.82) is 0 Å². The van der Waals surface area contributed by atoms with Crippen LogP contribution in [0, 0.1) is 10.1 Å². The number of anilines is 1. The molecule has 0 aliphatic carbocycles. The van der Waals surface area contributed by atoms with Gasteiger partial charge in [-0.05, 0) is 31.2 Å². The summed E-state index contributed by atoms with van der Waals surface area (Å²) in [6.45, 7) is 3.68. The summed E-state index contributed by atoms with van der Waals surface area (Å²) in [6.07, 6.45) is 0.194. The van der Waals surface area contributed by atoms with E-state index < -0.39 is 4.92 Å². The van der Waals surface area contributed by atoms with Crippen LogP contribution >= 0.6 is 11.6 Å². The Morgan fingerprint density at radius 2 is 1.80 bits per heavy atom. The number of carbonyl (C=O) groups excluding carboxylic acids is 2. The lowest BCUT2D eigenvalue weighted by Gasteiger charge is -2.36. The topological polar surface area (TPSA) is 95.8 Å². The van der Waals surface area contributed by atoms with E-state index in [0.29, 0.717) is 42.5 Å². The van der Waals surface area contributed by atoms with E-state index >= 15 is 0 Å². The van der Waals surface area contributed by atoms with E-state index in [1.165, 1.54) is 6.07 Å². The van der Waals surface area contributed by atoms with Crippen LogP contribution < -0.4 is 10.2 Å². The minimum Gasteiger partial charge on any atom is -0.362 e. The van der Waals surface area contributed by atoms with Crippen LogP contribution in [0.1, 0.15) is 23.7 Å². The number of nitrogens with one attached hydrogen (secondary N) is 1. The summed E-state index contributed by atoms with van der Waals surface area (Å²) < 4.78 is 0. The summed E-state index contributed by atoms with van der Waals surface area (Å²) in [6, 6.07) is 13.1. The third-order valence-electron chi connectivity index (χ3n) is 5.00. The molecule has 0 radical (unpaired) electrons. The fourth-order valence-corrected chi connectivity index (χ4v) is 3.61. The summed E-state index contributed by atoms with van der Waals surface area (Å²) in [5, 5.41) is 14.5. The number of nitrogens with zero attached hydrogens (tertiary/aromatic N) is 3. The normalized spacial score (nSPS) is 14.9. The molecule has 3 rings (SSSR count). The van der Waals surface area contributed by atoms with Gasteiger partial charge in [0.1, 0.15) is 5.69 Å². The molecule has 1 aliphatic rings. The number of carbonyl (C=O) groups is 2. The molecule has 0 saturated carbocycles. The molecule has 2 aromatic rings. The zero-order valence-electron chi connectivity index (χ0n) is 16.6. The highest BCUT2D eigenvalue weighted by Crippen LogP contribution is 2.31. The molecule has 1 aliphatic heterocycles. The van der Waals surface area contributed by atoms with Crippen LogP contribution in [0.3, 0.4) is 0 Å². The third-order valence-corrected chi connectivity index (χ3v) is 5.24. The second-order valence-corrected chi connectivity index (χ2v) is 7.64. The van der Waals surface area contributed by atoms with Crippen LogP contribution in [-0.4, -0.2) is 53.9 Å². The Kier molecular flexibility index (Phi) is 6.89. The predicted octanol–water partition coefficient (Wildman–Crippen LogP) is 3.11. The van der Waals surface area contributed by atoms with Crippen molar-refractivity contribution >= 4 is 34.8 Å². The van der Waals surface area contributed by atoms with Crippen molar-refractivity contribution in [2.24, 2.45) is 0 Å². The van der Waals surface area contributed by atoms with Gasteiger partial charge in [-0.2, -0.15) is 0 Å². The second kappa shape index (κ2) is 9.58. The Labute approximate surface area is 179 Å². The Balaban J connectivity index is 1.53. The number of piperazine rings is 1. The maximum atomic E-state index is 12.6. The van der Waals surface area contributed by atoms with Gasteiger partial charge in [-0.1, -0.05) is 29.8 Å². The van der Waals surface area contributed by atoms with Crippen molar-refractivity contribution < 1.29 is 14.5 Å². The lowest BCUT2D eigenvalue weighted by Crippen LogP contribution is -2.50. The van der Waals surface area contributed by atoms with Gasteiger partial charge in [0.15, 0.2) is 0 Å². The van der Waals surface area contributed by atoms with E-state index in [2.05, 4.69) is 5.32 Å². The molecule has 0 bridgehead atoms. The van der Waals surface area contributed by atoms with Crippen LogP contribution in [0.2, 0.25) is 5.02 Å². The van der Waals surface area contributed by atoms with Gasteiger partial charge in [-0.25, -0.2) is 0 Å². The zero-order valence-corrected chi connectivity index (χ0v) is 17.3. The number of nitro benzene ring substituents is 1. The third kappa shape index (κ3) is 5.27. The van der Waals surface area contributed by atoms with Gasteiger partial charge in [0, 0.05) is 55.3 Å². The zero-order chi connectivity index (χ0) is 21.7. The van der Waals surface area contributed by atoms with Gasteiger partial charge in [0.25, 0.3) is 11.6 Å². The summed E-state index contributed by atoms with van der Waals surface area (Å²) in [7, 11) is 0. The minimum absolute atomic E-state index is 0.0421.